The maximum absolute atomic E-state index is 12.8. The Morgan fingerprint density at radius 2 is 1.69 bits per heavy atom. The molecule has 0 aromatic heterocycles. The molecule has 8 heteroatoms. The number of ether oxygens (including phenoxy) is 1. The summed E-state index contributed by atoms with van der Waals surface area (Å²) in [4.78, 5) is 23.5. The van der Waals surface area contributed by atoms with Crippen LogP contribution in [-0.4, -0.2) is 33.3 Å². The Balaban J connectivity index is 1.88. The minimum absolute atomic E-state index is 0.0378. The molecule has 0 spiro atoms. The first kappa shape index (κ1) is 19.7. The zero-order valence-electron chi connectivity index (χ0n) is 14.3. The van der Waals surface area contributed by atoms with Gasteiger partial charge in [-0.25, -0.2) is 12.8 Å². The second-order valence-electron chi connectivity index (χ2n) is 5.66. The molecule has 0 saturated carbocycles. The Hall–Kier alpha value is -2.58. The molecule has 0 fully saturated rings. The Kier molecular flexibility index (Phi) is 6.23. The van der Waals surface area contributed by atoms with Crippen LogP contribution in [0.25, 0.3) is 0 Å². The summed E-state index contributed by atoms with van der Waals surface area (Å²) in [5.41, 5.74) is 1.94. The minimum Gasteiger partial charge on any atom is -0.456 e. The molecule has 0 aliphatic rings. The van der Waals surface area contributed by atoms with Gasteiger partial charge in [0.05, 0.1) is 4.90 Å². The zero-order valence-corrected chi connectivity index (χ0v) is 15.1. The molecule has 2 aromatic rings. The van der Waals surface area contributed by atoms with Crippen molar-refractivity contribution in [3.05, 3.63) is 65.0 Å². The van der Waals surface area contributed by atoms with Crippen LogP contribution >= 0.6 is 0 Å². The number of benzene rings is 2. The molecular formula is C18H18FNO5S. The van der Waals surface area contributed by atoms with Gasteiger partial charge in [0.2, 0.25) is 10.0 Å². The van der Waals surface area contributed by atoms with E-state index in [4.69, 9.17) is 4.74 Å². The van der Waals surface area contributed by atoms with E-state index in [0.717, 1.165) is 23.3 Å². The molecule has 0 bridgehead atoms. The van der Waals surface area contributed by atoms with Gasteiger partial charge in [-0.3, -0.25) is 9.59 Å². The Morgan fingerprint density at radius 1 is 1.04 bits per heavy atom. The Bertz CT molecular complexity index is 923. The first-order valence-electron chi connectivity index (χ1n) is 7.70. The zero-order chi connectivity index (χ0) is 19.3. The number of rotatable bonds is 7. The van der Waals surface area contributed by atoms with E-state index in [2.05, 4.69) is 4.72 Å². The molecule has 1 N–H and O–H groups in total. The summed E-state index contributed by atoms with van der Waals surface area (Å²) < 4.78 is 44.0. The molecule has 0 amide bonds. The number of hydrogen-bond acceptors (Lipinski definition) is 5. The molecule has 0 radical (unpaired) electrons. The molecule has 0 unspecified atom stereocenters. The van der Waals surface area contributed by atoms with Crippen LogP contribution in [0.4, 0.5) is 4.39 Å². The fourth-order valence-electron chi connectivity index (χ4n) is 2.03. The van der Waals surface area contributed by atoms with Gasteiger partial charge in [-0.05, 0) is 61.4 Å². The third-order valence-corrected chi connectivity index (χ3v) is 5.12. The van der Waals surface area contributed by atoms with Crippen molar-refractivity contribution in [2.45, 2.75) is 18.7 Å². The van der Waals surface area contributed by atoms with Crippen molar-refractivity contribution in [2.75, 3.05) is 13.2 Å². The largest absolute Gasteiger partial charge is 0.456 e. The van der Waals surface area contributed by atoms with E-state index in [1.54, 1.807) is 13.0 Å². The van der Waals surface area contributed by atoms with Crippen LogP contribution in [-0.2, 0) is 19.6 Å². The van der Waals surface area contributed by atoms with Crippen molar-refractivity contribution in [3.8, 4) is 0 Å². The van der Waals surface area contributed by atoms with Crippen molar-refractivity contribution in [3.63, 3.8) is 0 Å². The predicted molar refractivity (Wildman–Crippen MR) is 92.8 cm³/mol. The van der Waals surface area contributed by atoms with Gasteiger partial charge in [0.25, 0.3) is 0 Å². The fraction of sp³-hybridized carbons (Fsp3) is 0.222. The minimum atomic E-state index is -3.87. The summed E-state index contributed by atoms with van der Waals surface area (Å²) in [6.07, 6.45) is 0. The molecule has 0 saturated heterocycles. The van der Waals surface area contributed by atoms with E-state index < -0.39 is 40.7 Å². The molecule has 0 atom stereocenters. The van der Waals surface area contributed by atoms with E-state index in [1.807, 2.05) is 6.92 Å². The summed E-state index contributed by atoms with van der Waals surface area (Å²) in [6, 6.07) is 9.39. The number of aryl methyl sites for hydroxylation is 2. The molecule has 138 valence electrons. The average Bonchev–Trinajstić information content (AvgIpc) is 2.60. The van der Waals surface area contributed by atoms with Crippen LogP contribution in [0.3, 0.4) is 0 Å². The van der Waals surface area contributed by atoms with Crippen molar-refractivity contribution >= 4 is 21.8 Å². The third-order valence-electron chi connectivity index (χ3n) is 3.73. The second-order valence-corrected chi connectivity index (χ2v) is 7.43. The first-order valence-corrected chi connectivity index (χ1v) is 9.18. The lowest BCUT2D eigenvalue weighted by Gasteiger charge is -2.09. The summed E-state index contributed by atoms with van der Waals surface area (Å²) in [6.45, 7) is 2.47. The number of carbonyl (C=O) groups excluding carboxylic acids is 2. The standard InChI is InChI=1S/C18H18FNO5S/c1-12-3-8-16(9-13(12)2)26(23,24)20-10-18(22)25-11-17(21)14-4-6-15(19)7-5-14/h3-9,20H,10-11H2,1-2H3. The number of ketones is 1. The molecule has 2 rings (SSSR count). The van der Waals surface area contributed by atoms with Gasteiger partial charge in [0.1, 0.15) is 12.4 Å². The van der Waals surface area contributed by atoms with Gasteiger partial charge >= 0.3 is 5.97 Å². The Labute approximate surface area is 151 Å². The van der Waals surface area contributed by atoms with E-state index in [-0.39, 0.29) is 10.5 Å². The first-order chi connectivity index (χ1) is 12.2. The van der Waals surface area contributed by atoms with Gasteiger partial charge in [-0.15, -0.1) is 0 Å². The number of halogens is 1. The van der Waals surface area contributed by atoms with Crippen molar-refractivity contribution in [1.82, 2.24) is 4.72 Å². The Morgan fingerprint density at radius 3 is 2.31 bits per heavy atom. The van der Waals surface area contributed by atoms with Crippen LogP contribution in [0, 0.1) is 19.7 Å². The van der Waals surface area contributed by atoms with Crippen LogP contribution in [0.2, 0.25) is 0 Å². The van der Waals surface area contributed by atoms with Crippen molar-refractivity contribution < 1.29 is 27.1 Å². The number of nitrogens with one attached hydrogen (secondary N) is 1. The van der Waals surface area contributed by atoms with Gasteiger partial charge in [-0.2, -0.15) is 4.72 Å². The molecule has 0 heterocycles. The highest BCUT2D eigenvalue weighted by molar-refractivity contribution is 7.89. The highest BCUT2D eigenvalue weighted by atomic mass is 32.2. The van der Waals surface area contributed by atoms with Crippen molar-refractivity contribution in [1.29, 1.82) is 0 Å². The van der Waals surface area contributed by atoms with Gasteiger partial charge in [-0.1, -0.05) is 6.07 Å². The SMILES string of the molecule is Cc1ccc(S(=O)(=O)NCC(=O)OCC(=O)c2ccc(F)cc2)cc1C. The predicted octanol–water partition coefficient (Wildman–Crippen LogP) is 2.15. The number of hydrogen-bond donors (Lipinski definition) is 1. The topological polar surface area (TPSA) is 89.5 Å². The van der Waals surface area contributed by atoms with E-state index in [0.29, 0.717) is 0 Å². The summed E-state index contributed by atoms with van der Waals surface area (Å²) in [5, 5.41) is 0. The number of carbonyl (C=O) groups is 2. The second kappa shape index (κ2) is 8.20. The average molecular weight is 379 g/mol. The third kappa shape index (κ3) is 5.21. The number of Topliss-reactive ketones (excluding diaryl/α,β-unsaturated/α-hetero) is 1. The number of sulfonamides is 1. The number of esters is 1. The van der Waals surface area contributed by atoms with Crippen LogP contribution in [0.5, 0.6) is 0 Å². The van der Waals surface area contributed by atoms with E-state index >= 15 is 0 Å². The van der Waals surface area contributed by atoms with Crippen LogP contribution in [0.15, 0.2) is 47.4 Å². The molecule has 26 heavy (non-hydrogen) atoms. The fourth-order valence-corrected chi connectivity index (χ4v) is 3.09. The smallest absolute Gasteiger partial charge is 0.321 e. The molecular weight excluding hydrogens is 361 g/mol. The lowest BCUT2D eigenvalue weighted by atomic mass is 10.1. The lowest BCUT2D eigenvalue weighted by molar-refractivity contribution is -0.141. The van der Waals surface area contributed by atoms with Gasteiger partial charge in [0, 0.05) is 5.56 Å². The van der Waals surface area contributed by atoms with Gasteiger partial charge in [0.15, 0.2) is 12.4 Å². The lowest BCUT2D eigenvalue weighted by Crippen LogP contribution is -2.31. The molecule has 0 aliphatic carbocycles. The quantitative estimate of drug-likeness (QED) is 0.588. The molecule has 2 aromatic carbocycles. The summed E-state index contributed by atoms with van der Waals surface area (Å²) in [7, 11) is -3.87. The molecule has 6 nitrogen and oxygen atoms in total. The van der Waals surface area contributed by atoms with Gasteiger partial charge < -0.3 is 4.74 Å². The maximum Gasteiger partial charge on any atom is 0.321 e. The highest BCUT2D eigenvalue weighted by Gasteiger charge is 2.17. The summed E-state index contributed by atoms with van der Waals surface area (Å²) >= 11 is 0. The maximum atomic E-state index is 12.8. The highest BCUT2D eigenvalue weighted by Crippen LogP contribution is 2.14. The monoisotopic (exact) mass is 379 g/mol. The van der Waals surface area contributed by atoms with Crippen LogP contribution < -0.4 is 4.72 Å². The summed E-state index contributed by atoms with van der Waals surface area (Å²) in [5.74, 6) is -1.90. The molecule has 0 aliphatic heterocycles. The van der Waals surface area contributed by atoms with Crippen molar-refractivity contribution in [2.24, 2.45) is 0 Å². The normalized spacial score (nSPS) is 11.2. The van der Waals surface area contributed by atoms with E-state index in [1.165, 1.54) is 24.3 Å². The van der Waals surface area contributed by atoms with E-state index in [9.17, 15) is 22.4 Å². The van der Waals surface area contributed by atoms with Crippen LogP contribution in [0.1, 0.15) is 21.5 Å².